The summed E-state index contributed by atoms with van der Waals surface area (Å²) in [7, 11) is 0. The normalized spacial score (nSPS) is 13.3. The van der Waals surface area contributed by atoms with E-state index in [9.17, 15) is 14.4 Å². The number of ether oxygens (including phenoxy) is 1. The van der Waals surface area contributed by atoms with Gasteiger partial charge in [-0.2, -0.15) is 0 Å². The summed E-state index contributed by atoms with van der Waals surface area (Å²) < 4.78 is 4.92. The van der Waals surface area contributed by atoms with Crippen molar-refractivity contribution in [2.45, 2.75) is 19.8 Å². The van der Waals surface area contributed by atoms with E-state index in [0.29, 0.717) is 23.4 Å². The molecular formula is C20H21N3O4. The summed E-state index contributed by atoms with van der Waals surface area (Å²) in [5, 5.41) is 2.71. The minimum atomic E-state index is -0.421. The molecule has 140 valence electrons. The molecule has 0 radical (unpaired) electrons. The Hall–Kier alpha value is -3.22. The van der Waals surface area contributed by atoms with Gasteiger partial charge in [0.2, 0.25) is 0 Å². The SMILES string of the molecule is CCOC(=O)c1ccc(NC(=O)c2cc(C(=O)N3CCCC3)ccn2)cc1. The number of carbonyl (C=O) groups excluding carboxylic acids is 3. The molecule has 1 aromatic heterocycles. The Balaban J connectivity index is 1.68. The van der Waals surface area contributed by atoms with E-state index >= 15 is 0 Å². The van der Waals surface area contributed by atoms with Gasteiger partial charge in [-0.1, -0.05) is 0 Å². The number of aromatic nitrogens is 1. The molecule has 7 nitrogen and oxygen atoms in total. The number of rotatable bonds is 5. The molecule has 0 atom stereocenters. The average molecular weight is 367 g/mol. The van der Waals surface area contributed by atoms with Crippen LogP contribution in [0.15, 0.2) is 42.6 Å². The van der Waals surface area contributed by atoms with Gasteiger partial charge in [-0.3, -0.25) is 14.6 Å². The Bertz CT molecular complexity index is 843. The summed E-state index contributed by atoms with van der Waals surface area (Å²) in [4.78, 5) is 42.4. The topological polar surface area (TPSA) is 88.6 Å². The first-order valence-electron chi connectivity index (χ1n) is 8.92. The van der Waals surface area contributed by atoms with E-state index in [0.717, 1.165) is 25.9 Å². The van der Waals surface area contributed by atoms with Crippen LogP contribution in [0.1, 0.15) is 51.0 Å². The number of hydrogen-bond donors (Lipinski definition) is 1. The lowest BCUT2D eigenvalue weighted by Crippen LogP contribution is -2.28. The van der Waals surface area contributed by atoms with E-state index in [1.807, 2.05) is 0 Å². The number of pyridine rings is 1. The van der Waals surface area contributed by atoms with Crippen LogP contribution in [0.2, 0.25) is 0 Å². The molecule has 0 aliphatic carbocycles. The quantitative estimate of drug-likeness (QED) is 0.821. The maximum absolute atomic E-state index is 12.5. The number of nitrogens with zero attached hydrogens (tertiary/aromatic N) is 2. The molecule has 0 unspecified atom stereocenters. The third kappa shape index (κ3) is 4.49. The van der Waals surface area contributed by atoms with Gasteiger partial charge in [0.15, 0.2) is 0 Å². The van der Waals surface area contributed by atoms with Crippen molar-refractivity contribution in [1.29, 1.82) is 0 Å². The Morgan fingerprint density at radius 3 is 2.44 bits per heavy atom. The number of likely N-dealkylation sites (tertiary alicyclic amines) is 1. The number of amides is 2. The lowest BCUT2D eigenvalue weighted by Gasteiger charge is -2.15. The summed E-state index contributed by atoms with van der Waals surface area (Å²) in [6.07, 6.45) is 3.47. The van der Waals surface area contributed by atoms with Gasteiger partial charge < -0.3 is 15.0 Å². The number of anilines is 1. The fourth-order valence-corrected chi connectivity index (χ4v) is 2.89. The number of esters is 1. The second-order valence-electron chi connectivity index (χ2n) is 6.18. The van der Waals surface area contributed by atoms with Crippen LogP contribution in [0.5, 0.6) is 0 Å². The Morgan fingerprint density at radius 2 is 1.78 bits per heavy atom. The first kappa shape index (κ1) is 18.6. The zero-order chi connectivity index (χ0) is 19.2. The first-order valence-corrected chi connectivity index (χ1v) is 8.92. The van der Waals surface area contributed by atoms with E-state index in [-0.39, 0.29) is 11.6 Å². The van der Waals surface area contributed by atoms with Crippen molar-refractivity contribution < 1.29 is 19.1 Å². The molecule has 1 fully saturated rings. The zero-order valence-electron chi connectivity index (χ0n) is 15.1. The van der Waals surface area contributed by atoms with Gasteiger partial charge in [0.05, 0.1) is 12.2 Å². The monoisotopic (exact) mass is 367 g/mol. The Labute approximate surface area is 157 Å². The fourth-order valence-electron chi connectivity index (χ4n) is 2.89. The summed E-state index contributed by atoms with van der Waals surface area (Å²) >= 11 is 0. The van der Waals surface area contributed by atoms with Gasteiger partial charge in [0, 0.05) is 30.5 Å². The van der Waals surface area contributed by atoms with Crippen molar-refractivity contribution in [3.05, 3.63) is 59.4 Å². The van der Waals surface area contributed by atoms with Crippen LogP contribution in [-0.4, -0.2) is 47.4 Å². The molecular weight excluding hydrogens is 346 g/mol. The molecule has 1 aliphatic rings. The second-order valence-corrected chi connectivity index (χ2v) is 6.18. The summed E-state index contributed by atoms with van der Waals surface area (Å²) in [5.74, 6) is -0.914. The highest BCUT2D eigenvalue weighted by Crippen LogP contribution is 2.15. The molecule has 0 spiro atoms. The van der Waals surface area contributed by atoms with Crippen molar-refractivity contribution in [2.75, 3.05) is 25.0 Å². The van der Waals surface area contributed by atoms with Crippen LogP contribution in [-0.2, 0) is 4.74 Å². The summed E-state index contributed by atoms with van der Waals surface area (Å²) in [5.41, 5.74) is 1.54. The molecule has 2 amide bonds. The van der Waals surface area contributed by atoms with Crippen molar-refractivity contribution >= 4 is 23.5 Å². The van der Waals surface area contributed by atoms with Gasteiger partial charge >= 0.3 is 5.97 Å². The number of carbonyl (C=O) groups is 3. The van der Waals surface area contributed by atoms with Crippen molar-refractivity contribution in [3.8, 4) is 0 Å². The van der Waals surface area contributed by atoms with Gasteiger partial charge in [0.25, 0.3) is 11.8 Å². The first-order chi connectivity index (χ1) is 13.1. The van der Waals surface area contributed by atoms with Gasteiger partial charge in [-0.25, -0.2) is 4.79 Å². The van der Waals surface area contributed by atoms with Crippen molar-refractivity contribution in [3.63, 3.8) is 0 Å². The third-order valence-corrected chi connectivity index (χ3v) is 4.29. The molecule has 1 aromatic carbocycles. The van der Waals surface area contributed by atoms with Gasteiger partial charge in [0.1, 0.15) is 5.69 Å². The van der Waals surface area contributed by atoms with Gasteiger partial charge in [-0.15, -0.1) is 0 Å². The average Bonchev–Trinajstić information content (AvgIpc) is 3.23. The maximum atomic E-state index is 12.5. The van der Waals surface area contributed by atoms with E-state index in [1.54, 1.807) is 42.2 Å². The largest absolute Gasteiger partial charge is 0.462 e. The highest BCUT2D eigenvalue weighted by molar-refractivity contribution is 6.05. The minimum Gasteiger partial charge on any atom is -0.462 e. The number of hydrogen-bond acceptors (Lipinski definition) is 5. The molecule has 2 aromatic rings. The highest BCUT2D eigenvalue weighted by Gasteiger charge is 2.20. The standard InChI is InChI=1S/C20H21N3O4/c1-2-27-20(26)14-5-7-16(8-6-14)22-18(24)17-13-15(9-10-21-17)19(25)23-11-3-4-12-23/h5-10,13H,2-4,11-12H2,1H3,(H,22,24). The molecule has 1 saturated heterocycles. The third-order valence-electron chi connectivity index (χ3n) is 4.29. The fraction of sp³-hybridized carbons (Fsp3) is 0.300. The van der Waals surface area contributed by atoms with Crippen LogP contribution in [0.4, 0.5) is 5.69 Å². The molecule has 27 heavy (non-hydrogen) atoms. The zero-order valence-corrected chi connectivity index (χ0v) is 15.1. The number of benzene rings is 1. The summed E-state index contributed by atoms with van der Waals surface area (Å²) in [6, 6.07) is 9.50. The van der Waals surface area contributed by atoms with Crippen LogP contribution < -0.4 is 5.32 Å². The predicted molar refractivity (Wildman–Crippen MR) is 99.7 cm³/mol. The smallest absolute Gasteiger partial charge is 0.338 e. The maximum Gasteiger partial charge on any atom is 0.338 e. The van der Waals surface area contributed by atoms with E-state index < -0.39 is 11.9 Å². The second kappa shape index (κ2) is 8.44. The molecule has 7 heteroatoms. The van der Waals surface area contributed by atoms with Crippen LogP contribution in [0, 0.1) is 0 Å². The molecule has 3 rings (SSSR count). The molecule has 2 heterocycles. The van der Waals surface area contributed by atoms with Crippen molar-refractivity contribution in [1.82, 2.24) is 9.88 Å². The summed E-state index contributed by atoms with van der Waals surface area (Å²) in [6.45, 7) is 3.53. The minimum absolute atomic E-state index is 0.0808. The van der Waals surface area contributed by atoms with E-state index in [1.165, 1.54) is 12.3 Å². The molecule has 0 bridgehead atoms. The number of nitrogens with one attached hydrogen (secondary N) is 1. The highest BCUT2D eigenvalue weighted by atomic mass is 16.5. The predicted octanol–water partition coefficient (Wildman–Crippen LogP) is 2.75. The van der Waals surface area contributed by atoms with Gasteiger partial charge in [-0.05, 0) is 56.2 Å². The van der Waals surface area contributed by atoms with E-state index in [2.05, 4.69) is 10.3 Å². The molecule has 1 N–H and O–H groups in total. The lowest BCUT2D eigenvalue weighted by atomic mass is 10.2. The lowest BCUT2D eigenvalue weighted by molar-refractivity contribution is 0.0526. The van der Waals surface area contributed by atoms with Crippen LogP contribution in [0.3, 0.4) is 0 Å². The van der Waals surface area contributed by atoms with E-state index in [4.69, 9.17) is 4.74 Å². The van der Waals surface area contributed by atoms with Crippen LogP contribution in [0.25, 0.3) is 0 Å². The molecule has 0 saturated carbocycles. The van der Waals surface area contributed by atoms with Crippen LogP contribution >= 0.6 is 0 Å². The van der Waals surface area contributed by atoms with Crippen molar-refractivity contribution in [2.24, 2.45) is 0 Å². The molecule has 1 aliphatic heterocycles. The Morgan fingerprint density at radius 1 is 1.07 bits per heavy atom. The Kier molecular flexibility index (Phi) is 5.80.